The molecule has 0 bridgehead atoms. The Kier molecular flexibility index (Phi) is 4.27. The third-order valence-electron chi connectivity index (χ3n) is 2.67. The quantitative estimate of drug-likeness (QED) is 0.774. The maximum atomic E-state index is 4.23. The van der Waals surface area contributed by atoms with Gasteiger partial charge in [-0.3, -0.25) is 0 Å². The van der Waals surface area contributed by atoms with E-state index in [4.69, 9.17) is 0 Å². The lowest BCUT2D eigenvalue weighted by molar-refractivity contribution is 1.11. The van der Waals surface area contributed by atoms with Crippen molar-refractivity contribution in [1.82, 2.24) is 4.98 Å². The minimum absolute atomic E-state index is 0.597. The monoisotopic (exact) mass is 318 g/mol. The van der Waals surface area contributed by atoms with Crippen molar-refractivity contribution in [2.75, 3.05) is 19.0 Å². The molecule has 98 valence electrons. The molecule has 0 aliphatic heterocycles. The molecule has 0 N–H and O–H groups in total. The number of aromatic nitrogens is 1. The topological polar surface area (TPSA) is 40.9 Å². The normalized spacial score (nSPS) is 10.9. The number of anilines is 1. The van der Waals surface area contributed by atoms with E-state index in [1.54, 1.807) is 6.20 Å². The Bertz CT molecular complexity index is 591. The molecule has 1 heterocycles. The van der Waals surface area contributed by atoms with E-state index in [0.717, 1.165) is 21.4 Å². The first-order valence-electron chi connectivity index (χ1n) is 5.87. The predicted octanol–water partition coefficient (Wildman–Crippen LogP) is 4.63. The number of nitrogens with zero attached hydrogens (tertiary/aromatic N) is 4. The van der Waals surface area contributed by atoms with Gasteiger partial charge in [0.05, 0.1) is 5.69 Å². The zero-order chi connectivity index (χ0) is 13.8. The van der Waals surface area contributed by atoms with Crippen molar-refractivity contribution in [1.29, 1.82) is 0 Å². The molecule has 0 spiro atoms. The highest BCUT2D eigenvalue weighted by Gasteiger charge is 2.01. The third kappa shape index (κ3) is 3.61. The third-order valence-corrected chi connectivity index (χ3v) is 3.14. The largest absolute Gasteiger partial charge is 0.378 e. The summed E-state index contributed by atoms with van der Waals surface area (Å²) >= 11 is 3.34. The molecule has 1 aromatic carbocycles. The molecule has 0 amide bonds. The van der Waals surface area contributed by atoms with Crippen LogP contribution in [-0.4, -0.2) is 19.1 Å². The van der Waals surface area contributed by atoms with Crippen LogP contribution in [-0.2, 0) is 0 Å². The molecule has 0 unspecified atom stereocenters. The van der Waals surface area contributed by atoms with Crippen LogP contribution in [0.15, 0.2) is 51.2 Å². The summed E-state index contributed by atoms with van der Waals surface area (Å²) in [5.74, 6) is 0.597. The van der Waals surface area contributed by atoms with E-state index < -0.39 is 0 Å². The molecule has 2 aromatic rings. The Morgan fingerprint density at radius 2 is 1.89 bits per heavy atom. The van der Waals surface area contributed by atoms with Crippen LogP contribution in [0.5, 0.6) is 0 Å². The lowest BCUT2D eigenvalue weighted by Crippen LogP contribution is -2.08. The Morgan fingerprint density at radius 3 is 2.47 bits per heavy atom. The van der Waals surface area contributed by atoms with Gasteiger partial charge < -0.3 is 4.90 Å². The van der Waals surface area contributed by atoms with E-state index in [1.165, 1.54) is 0 Å². The van der Waals surface area contributed by atoms with Gasteiger partial charge in [0.2, 0.25) is 0 Å². The second kappa shape index (κ2) is 5.93. The molecule has 0 radical (unpaired) electrons. The Balaban J connectivity index is 2.21. The summed E-state index contributed by atoms with van der Waals surface area (Å²) in [4.78, 5) is 6.21. The van der Waals surface area contributed by atoms with E-state index in [2.05, 4.69) is 42.1 Å². The molecule has 0 aliphatic carbocycles. The number of rotatable bonds is 3. The van der Waals surface area contributed by atoms with Gasteiger partial charge in [0.1, 0.15) is 0 Å². The maximum absolute atomic E-state index is 4.23. The molecule has 0 saturated carbocycles. The smallest absolute Gasteiger partial charge is 0.174 e. The van der Waals surface area contributed by atoms with E-state index in [0.29, 0.717) is 5.82 Å². The predicted molar refractivity (Wildman–Crippen MR) is 81.6 cm³/mol. The van der Waals surface area contributed by atoms with Crippen molar-refractivity contribution in [2.45, 2.75) is 6.92 Å². The number of aryl methyl sites for hydroxylation is 1. The SMILES string of the molecule is Cc1cc(N(C)C)ccc1N=Nc1ccc(Br)cn1. The number of hydrogen-bond donors (Lipinski definition) is 0. The average molecular weight is 319 g/mol. The van der Waals surface area contributed by atoms with Gasteiger partial charge in [0.25, 0.3) is 0 Å². The average Bonchev–Trinajstić information content (AvgIpc) is 2.39. The van der Waals surface area contributed by atoms with Crippen LogP contribution in [0.4, 0.5) is 17.2 Å². The molecule has 1 aromatic heterocycles. The van der Waals surface area contributed by atoms with Gasteiger partial charge >= 0.3 is 0 Å². The zero-order valence-corrected chi connectivity index (χ0v) is 12.7. The maximum Gasteiger partial charge on any atom is 0.174 e. The molecule has 0 aliphatic rings. The van der Waals surface area contributed by atoms with Gasteiger partial charge in [-0.15, -0.1) is 10.2 Å². The first kappa shape index (κ1) is 13.7. The second-order valence-electron chi connectivity index (χ2n) is 4.40. The van der Waals surface area contributed by atoms with E-state index in [9.17, 15) is 0 Å². The van der Waals surface area contributed by atoms with Crippen molar-refractivity contribution >= 4 is 33.1 Å². The first-order chi connectivity index (χ1) is 9.06. The highest BCUT2D eigenvalue weighted by molar-refractivity contribution is 9.10. The van der Waals surface area contributed by atoms with Gasteiger partial charge in [0, 0.05) is 30.5 Å². The molecular formula is C14H15BrN4. The van der Waals surface area contributed by atoms with Crippen LogP contribution >= 0.6 is 15.9 Å². The van der Waals surface area contributed by atoms with E-state index in [-0.39, 0.29) is 0 Å². The standard InChI is InChI=1S/C14H15BrN4/c1-10-8-12(19(2)3)5-6-13(10)17-18-14-7-4-11(15)9-16-14/h4-9H,1-3H3. The van der Waals surface area contributed by atoms with Crippen LogP contribution in [0.1, 0.15) is 5.56 Å². The van der Waals surface area contributed by atoms with Crippen molar-refractivity contribution in [2.24, 2.45) is 10.2 Å². The number of hydrogen-bond acceptors (Lipinski definition) is 4. The molecule has 4 nitrogen and oxygen atoms in total. The highest BCUT2D eigenvalue weighted by atomic mass is 79.9. The van der Waals surface area contributed by atoms with Crippen LogP contribution in [0.3, 0.4) is 0 Å². The van der Waals surface area contributed by atoms with E-state index >= 15 is 0 Å². The number of halogens is 1. The van der Waals surface area contributed by atoms with Gasteiger partial charge in [-0.1, -0.05) is 0 Å². The zero-order valence-electron chi connectivity index (χ0n) is 11.1. The molecule has 0 atom stereocenters. The summed E-state index contributed by atoms with van der Waals surface area (Å²) in [6.07, 6.45) is 1.70. The summed E-state index contributed by atoms with van der Waals surface area (Å²) in [5.41, 5.74) is 3.10. The molecule has 19 heavy (non-hydrogen) atoms. The molecule has 0 saturated heterocycles. The van der Waals surface area contributed by atoms with Gasteiger partial charge in [-0.2, -0.15) is 0 Å². The fourth-order valence-corrected chi connectivity index (χ4v) is 1.80. The summed E-state index contributed by atoms with van der Waals surface area (Å²) in [6, 6.07) is 9.78. The summed E-state index contributed by atoms with van der Waals surface area (Å²) in [7, 11) is 4.03. The van der Waals surface area contributed by atoms with E-state index in [1.807, 2.05) is 45.3 Å². The fourth-order valence-electron chi connectivity index (χ4n) is 1.56. The van der Waals surface area contributed by atoms with Gasteiger partial charge in [-0.25, -0.2) is 4.98 Å². The Labute approximate surface area is 121 Å². The van der Waals surface area contributed by atoms with Crippen molar-refractivity contribution in [3.63, 3.8) is 0 Å². The summed E-state index contributed by atoms with van der Waals surface area (Å²) < 4.78 is 0.929. The lowest BCUT2D eigenvalue weighted by atomic mass is 10.2. The van der Waals surface area contributed by atoms with Crippen LogP contribution in [0.2, 0.25) is 0 Å². The van der Waals surface area contributed by atoms with Crippen molar-refractivity contribution in [3.8, 4) is 0 Å². The minimum Gasteiger partial charge on any atom is -0.378 e. The van der Waals surface area contributed by atoms with Crippen LogP contribution in [0, 0.1) is 6.92 Å². The molecule has 2 rings (SSSR count). The minimum atomic E-state index is 0.597. The number of benzene rings is 1. The number of azo groups is 1. The van der Waals surface area contributed by atoms with Crippen molar-refractivity contribution in [3.05, 3.63) is 46.6 Å². The molecule has 0 fully saturated rings. The van der Waals surface area contributed by atoms with Crippen molar-refractivity contribution < 1.29 is 0 Å². The lowest BCUT2D eigenvalue weighted by Gasteiger charge is -2.13. The van der Waals surface area contributed by atoms with Crippen LogP contribution in [0.25, 0.3) is 0 Å². The van der Waals surface area contributed by atoms with Crippen LogP contribution < -0.4 is 4.90 Å². The fraction of sp³-hybridized carbons (Fsp3) is 0.214. The molecule has 5 heteroatoms. The number of pyridine rings is 1. The van der Waals surface area contributed by atoms with Gasteiger partial charge in [0.15, 0.2) is 5.82 Å². The summed E-state index contributed by atoms with van der Waals surface area (Å²) in [6.45, 7) is 2.02. The summed E-state index contributed by atoms with van der Waals surface area (Å²) in [5, 5.41) is 8.37. The highest BCUT2D eigenvalue weighted by Crippen LogP contribution is 2.25. The van der Waals surface area contributed by atoms with Gasteiger partial charge in [-0.05, 0) is 58.7 Å². The Hall–Kier alpha value is -1.75. The first-order valence-corrected chi connectivity index (χ1v) is 6.67. The second-order valence-corrected chi connectivity index (χ2v) is 5.32. The molecular weight excluding hydrogens is 304 g/mol. The Morgan fingerprint density at radius 1 is 1.11 bits per heavy atom.